The Morgan fingerprint density at radius 2 is 1.76 bits per heavy atom. The number of urea groups is 1. The molecule has 1 saturated heterocycles. The predicted molar refractivity (Wildman–Crippen MR) is 136 cm³/mol. The van der Waals surface area contributed by atoms with Gasteiger partial charge in [-0.15, -0.1) is 0 Å². The maximum atomic E-state index is 13.0. The fraction of sp³-hybridized carbons (Fsp3) is 0.280. The first-order valence-corrected chi connectivity index (χ1v) is 11.7. The van der Waals surface area contributed by atoms with E-state index in [1.807, 2.05) is 12.1 Å². The number of nitrogens with zero attached hydrogens (tertiary/aromatic N) is 2. The summed E-state index contributed by atoms with van der Waals surface area (Å²) in [4.78, 5) is 28.9. The average Bonchev–Trinajstić information content (AvgIpc) is 2.99. The molecule has 0 atom stereocenters. The monoisotopic (exact) mass is 503 g/mol. The number of hydrogen-bond donors (Lipinski definition) is 1. The quantitative estimate of drug-likeness (QED) is 0.370. The summed E-state index contributed by atoms with van der Waals surface area (Å²) in [5, 5.41) is 3.94. The van der Waals surface area contributed by atoms with E-state index in [2.05, 4.69) is 44.0 Å². The topological polar surface area (TPSA) is 52.7 Å². The van der Waals surface area contributed by atoms with E-state index in [1.165, 1.54) is 0 Å². The summed E-state index contributed by atoms with van der Waals surface area (Å²) < 4.78 is 0. The Hall–Kier alpha value is -2.47. The molecule has 2 heterocycles. The van der Waals surface area contributed by atoms with E-state index in [-0.39, 0.29) is 17.8 Å². The number of nitrogens with one attached hydrogen (secondary N) is 1. The number of imide groups is 1. The average molecular weight is 505 g/mol. The molecule has 0 unspecified atom stereocenters. The normalized spacial score (nSPS) is 18.5. The van der Waals surface area contributed by atoms with Gasteiger partial charge in [0, 0.05) is 22.8 Å². The van der Waals surface area contributed by atoms with Crippen LogP contribution in [0.15, 0.2) is 42.1 Å². The first-order valence-electron chi connectivity index (χ1n) is 10.6. The summed E-state index contributed by atoms with van der Waals surface area (Å²) in [7, 11) is 0. The first-order chi connectivity index (χ1) is 15.5. The Morgan fingerprint density at radius 3 is 2.42 bits per heavy atom. The van der Waals surface area contributed by atoms with Crippen molar-refractivity contribution in [3.05, 3.63) is 73.9 Å². The second-order valence-electron chi connectivity index (χ2n) is 8.74. The second kappa shape index (κ2) is 8.71. The maximum absolute atomic E-state index is 13.0. The van der Waals surface area contributed by atoms with Gasteiger partial charge in [-0.25, -0.2) is 4.79 Å². The number of anilines is 1. The van der Waals surface area contributed by atoms with Crippen LogP contribution < -0.4 is 10.2 Å². The number of amides is 3. The van der Waals surface area contributed by atoms with E-state index >= 15 is 0 Å². The van der Waals surface area contributed by atoms with Gasteiger partial charge in [-0.1, -0.05) is 46.9 Å². The number of hydrogen-bond acceptors (Lipinski definition) is 3. The molecule has 172 valence electrons. The number of carbonyl (C=O) groups is 2. The lowest BCUT2D eigenvalue weighted by Crippen LogP contribution is -2.44. The van der Waals surface area contributed by atoms with Crippen molar-refractivity contribution in [2.45, 2.75) is 39.8 Å². The van der Waals surface area contributed by atoms with Crippen molar-refractivity contribution < 1.29 is 9.59 Å². The summed E-state index contributed by atoms with van der Waals surface area (Å²) in [6.45, 7) is 9.43. The van der Waals surface area contributed by atoms with Gasteiger partial charge < -0.3 is 10.2 Å². The minimum absolute atomic E-state index is 0.0825. The third-order valence-electron chi connectivity index (χ3n) is 6.00. The first kappa shape index (κ1) is 23.7. The molecule has 5 nitrogen and oxygen atoms in total. The number of benzene rings is 2. The van der Waals surface area contributed by atoms with Crippen LogP contribution in [0.1, 0.15) is 44.4 Å². The SMILES string of the molecule is CCN1c2cc(Cl)c(/C=C3/NC(=O)N(Cc4ccc(Cl)c(Cl)c4)C3=O)cc2C(C)=CC1(C)C. The van der Waals surface area contributed by atoms with Gasteiger partial charge in [0.15, 0.2) is 0 Å². The molecule has 0 aliphatic carbocycles. The zero-order valence-corrected chi connectivity index (χ0v) is 21.1. The van der Waals surface area contributed by atoms with E-state index in [9.17, 15) is 9.59 Å². The number of carbonyl (C=O) groups excluding carboxylic acids is 2. The molecule has 0 bridgehead atoms. The Balaban J connectivity index is 1.66. The Morgan fingerprint density at radius 1 is 1.03 bits per heavy atom. The number of fused-ring (bicyclic) bond motifs is 1. The minimum Gasteiger partial charge on any atom is -0.363 e. The Bertz CT molecular complexity index is 1230. The van der Waals surface area contributed by atoms with Gasteiger partial charge in [0.05, 0.1) is 22.1 Å². The molecule has 8 heteroatoms. The molecule has 0 radical (unpaired) electrons. The molecule has 2 aromatic rings. The highest BCUT2D eigenvalue weighted by molar-refractivity contribution is 6.42. The van der Waals surface area contributed by atoms with Crippen molar-refractivity contribution in [3.63, 3.8) is 0 Å². The standard InChI is InChI=1S/C25H24Cl3N3O2/c1-5-31-22-11-19(27)16(9-17(22)14(2)12-25(31,3)4)10-21-23(32)30(24(33)29-21)13-15-6-7-18(26)20(28)8-15/h6-12H,5,13H2,1-4H3,(H,29,33)/b21-10+. The third-order valence-corrected chi connectivity index (χ3v) is 7.07. The van der Waals surface area contributed by atoms with Crippen molar-refractivity contribution >= 4 is 64.1 Å². The predicted octanol–water partition coefficient (Wildman–Crippen LogP) is 6.76. The molecule has 2 aromatic carbocycles. The Labute approximate surface area is 208 Å². The molecule has 33 heavy (non-hydrogen) atoms. The highest BCUT2D eigenvalue weighted by Gasteiger charge is 2.34. The van der Waals surface area contributed by atoms with Crippen LogP contribution in [0.4, 0.5) is 10.5 Å². The van der Waals surface area contributed by atoms with Gasteiger partial charge >= 0.3 is 6.03 Å². The molecule has 3 amide bonds. The molecule has 2 aliphatic heterocycles. The van der Waals surface area contributed by atoms with Crippen LogP contribution in [0.25, 0.3) is 11.6 Å². The highest BCUT2D eigenvalue weighted by atomic mass is 35.5. The van der Waals surface area contributed by atoms with Crippen LogP contribution in [0.3, 0.4) is 0 Å². The van der Waals surface area contributed by atoms with Crippen molar-refractivity contribution in [3.8, 4) is 0 Å². The van der Waals surface area contributed by atoms with Crippen LogP contribution >= 0.6 is 34.8 Å². The summed E-state index contributed by atoms with van der Waals surface area (Å²) in [5.74, 6) is -0.427. The zero-order valence-electron chi connectivity index (χ0n) is 18.8. The summed E-state index contributed by atoms with van der Waals surface area (Å²) >= 11 is 18.7. The van der Waals surface area contributed by atoms with Crippen molar-refractivity contribution in [1.82, 2.24) is 10.2 Å². The van der Waals surface area contributed by atoms with Crippen LogP contribution in [0.5, 0.6) is 0 Å². The number of rotatable bonds is 4. The fourth-order valence-corrected chi connectivity index (χ4v) is 5.03. The second-order valence-corrected chi connectivity index (χ2v) is 9.97. The third kappa shape index (κ3) is 4.37. The van der Waals surface area contributed by atoms with Gasteiger partial charge in [-0.2, -0.15) is 0 Å². The molecular formula is C25H24Cl3N3O2. The molecule has 2 aliphatic rings. The lowest BCUT2D eigenvalue weighted by atomic mass is 9.88. The van der Waals surface area contributed by atoms with Crippen molar-refractivity contribution in [2.75, 3.05) is 11.4 Å². The smallest absolute Gasteiger partial charge is 0.329 e. The minimum atomic E-state index is -0.499. The van der Waals surface area contributed by atoms with E-state index in [0.29, 0.717) is 26.2 Å². The largest absolute Gasteiger partial charge is 0.363 e. The van der Waals surface area contributed by atoms with Gasteiger partial charge in [-0.3, -0.25) is 9.69 Å². The van der Waals surface area contributed by atoms with Gasteiger partial charge in [0.1, 0.15) is 5.70 Å². The maximum Gasteiger partial charge on any atom is 0.329 e. The molecule has 0 aromatic heterocycles. The number of likely N-dealkylation sites (N-methyl/N-ethyl adjacent to an activating group) is 1. The van der Waals surface area contributed by atoms with E-state index < -0.39 is 11.9 Å². The molecule has 0 spiro atoms. The summed E-state index contributed by atoms with van der Waals surface area (Å²) in [6, 6.07) is 8.41. The molecule has 4 rings (SSSR count). The van der Waals surface area contributed by atoms with Crippen LogP contribution in [-0.4, -0.2) is 28.9 Å². The highest BCUT2D eigenvalue weighted by Crippen LogP contribution is 2.41. The van der Waals surface area contributed by atoms with Crippen LogP contribution in [-0.2, 0) is 11.3 Å². The van der Waals surface area contributed by atoms with E-state index in [0.717, 1.165) is 28.3 Å². The number of halogens is 3. The van der Waals surface area contributed by atoms with Crippen LogP contribution in [0.2, 0.25) is 15.1 Å². The van der Waals surface area contributed by atoms with Crippen molar-refractivity contribution in [1.29, 1.82) is 0 Å². The van der Waals surface area contributed by atoms with Crippen LogP contribution in [0, 0.1) is 0 Å². The summed E-state index contributed by atoms with van der Waals surface area (Å²) in [5.41, 5.74) is 4.65. The van der Waals surface area contributed by atoms with Crippen molar-refractivity contribution in [2.24, 2.45) is 0 Å². The van der Waals surface area contributed by atoms with Gasteiger partial charge in [-0.05, 0) is 74.7 Å². The lowest BCUT2D eigenvalue weighted by molar-refractivity contribution is -0.123. The fourth-order valence-electron chi connectivity index (χ4n) is 4.49. The van der Waals surface area contributed by atoms with E-state index in [1.54, 1.807) is 24.3 Å². The van der Waals surface area contributed by atoms with Gasteiger partial charge in [0.2, 0.25) is 0 Å². The molecule has 0 saturated carbocycles. The molecular weight excluding hydrogens is 481 g/mol. The number of allylic oxidation sites excluding steroid dienone is 1. The Kier molecular flexibility index (Phi) is 6.25. The molecule has 1 N–H and O–H groups in total. The van der Waals surface area contributed by atoms with E-state index in [4.69, 9.17) is 34.8 Å². The lowest BCUT2D eigenvalue weighted by Gasteiger charge is -2.43. The zero-order chi connectivity index (χ0) is 24.1. The molecule has 1 fully saturated rings. The van der Waals surface area contributed by atoms with Gasteiger partial charge in [0.25, 0.3) is 5.91 Å². The summed E-state index contributed by atoms with van der Waals surface area (Å²) in [6.07, 6.45) is 3.85.